The molecule has 4 bridgehead atoms. The van der Waals surface area contributed by atoms with Gasteiger partial charge in [-0.2, -0.15) is 0 Å². The summed E-state index contributed by atoms with van der Waals surface area (Å²) in [6.07, 6.45) is 6.24. The highest BCUT2D eigenvalue weighted by atomic mass is 19.1. The Hall–Kier alpha value is -3.28. The van der Waals surface area contributed by atoms with Crippen molar-refractivity contribution in [2.24, 2.45) is 23.7 Å². The third-order valence-corrected chi connectivity index (χ3v) is 7.93. The third-order valence-electron chi connectivity index (χ3n) is 7.93. The smallest absolute Gasteiger partial charge is 0.165 e. The number of ether oxygens (including phenoxy) is 2. The molecule has 0 spiro atoms. The van der Waals surface area contributed by atoms with Crippen LogP contribution in [-0.2, 0) is 0 Å². The summed E-state index contributed by atoms with van der Waals surface area (Å²) >= 11 is 0. The van der Waals surface area contributed by atoms with Gasteiger partial charge in [0.25, 0.3) is 0 Å². The Balaban J connectivity index is 1.40. The first-order valence-electron chi connectivity index (χ1n) is 12.0. The van der Waals surface area contributed by atoms with Crippen LogP contribution in [0.4, 0.5) is 20.2 Å². The van der Waals surface area contributed by atoms with Crippen molar-refractivity contribution in [1.29, 1.82) is 0 Å². The second-order valence-electron chi connectivity index (χ2n) is 10.2. The highest BCUT2D eigenvalue weighted by Crippen LogP contribution is 2.61. The van der Waals surface area contributed by atoms with Crippen LogP contribution in [0.3, 0.4) is 0 Å². The summed E-state index contributed by atoms with van der Waals surface area (Å²) in [4.78, 5) is 0. The summed E-state index contributed by atoms with van der Waals surface area (Å²) in [5.41, 5.74) is 13.6. The van der Waals surface area contributed by atoms with Gasteiger partial charge in [0.1, 0.15) is 11.5 Å². The lowest BCUT2D eigenvalue weighted by atomic mass is 9.50. The van der Waals surface area contributed by atoms with E-state index in [4.69, 9.17) is 20.9 Å². The first-order valence-corrected chi connectivity index (χ1v) is 12.0. The summed E-state index contributed by atoms with van der Waals surface area (Å²) in [6, 6.07) is 14.1. The van der Waals surface area contributed by atoms with Crippen LogP contribution in [0.2, 0.25) is 0 Å². The number of halogens is 2. The molecule has 0 heterocycles. The van der Waals surface area contributed by atoms with E-state index in [2.05, 4.69) is 0 Å². The standard InChI is InChI=1S/C28H28F2N2O2/c29-23-4-1-19(31)12-26(23)33-21-3-6-25(34-27-13-20(32)2-5-24(27)30)22(14-21)28-17-8-15-7-16(10-17)11-18(28)9-15/h1-6,12-18,28H,7-11,31-32H2. The quantitative estimate of drug-likeness (QED) is 0.392. The highest BCUT2D eigenvalue weighted by molar-refractivity contribution is 5.51. The zero-order valence-electron chi connectivity index (χ0n) is 18.8. The monoisotopic (exact) mass is 462 g/mol. The first-order chi connectivity index (χ1) is 16.4. The maximum atomic E-state index is 14.5. The second-order valence-corrected chi connectivity index (χ2v) is 10.2. The van der Waals surface area contributed by atoms with Gasteiger partial charge in [-0.1, -0.05) is 0 Å². The van der Waals surface area contributed by atoms with E-state index < -0.39 is 11.6 Å². The maximum absolute atomic E-state index is 14.5. The first kappa shape index (κ1) is 21.3. The number of rotatable bonds is 5. The summed E-state index contributed by atoms with van der Waals surface area (Å²) in [5.74, 6) is 3.42. The van der Waals surface area contributed by atoms with Gasteiger partial charge >= 0.3 is 0 Å². The number of benzene rings is 3. The highest BCUT2D eigenvalue weighted by Gasteiger charge is 2.49. The predicted molar refractivity (Wildman–Crippen MR) is 128 cm³/mol. The van der Waals surface area contributed by atoms with E-state index in [0.29, 0.717) is 40.6 Å². The van der Waals surface area contributed by atoms with Gasteiger partial charge in [0.05, 0.1) is 0 Å². The number of nitrogen functional groups attached to an aromatic ring is 2. The molecule has 6 heteroatoms. The van der Waals surface area contributed by atoms with Gasteiger partial charge in [0.15, 0.2) is 23.1 Å². The summed E-state index contributed by atoms with van der Waals surface area (Å²) in [6.45, 7) is 0. The average Bonchev–Trinajstić information content (AvgIpc) is 2.79. The topological polar surface area (TPSA) is 70.5 Å². The van der Waals surface area contributed by atoms with Crippen LogP contribution in [0.25, 0.3) is 0 Å². The molecule has 0 aliphatic heterocycles. The van der Waals surface area contributed by atoms with Crippen molar-refractivity contribution in [2.45, 2.75) is 38.0 Å². The SMILES string of the molecule is Nc1ccc(F)c(Oc2ccc(Oc3cc(N)ccc3F)c(C3C4CC5CC(C4)CC3C5)c2)c1. The van der Waals surface area contributed by atoms with Crippen molar-refractivity contribution < 1.29 is 18.3 Å². The van der Waals surface area contributed by atoms with E-state index in [1.54, 1.807) is 12.1 Å². The Kier molecular flexibility index (Phi) is 5.12. The summed E-state index contributed by atoms with van der Waals surface area (Å²) < 4.78 is 40.9. The Morgan fingerprint density at radius 1 is 0.618 bits per heavy atom. The molecule has 0 atom stereocenters. The lowest BCUT2D eigenvalue weighted by Gasteiger charge is -2.54. The number of hydrogen-bond acceptors (Lipinski definition) is 4. The molecule has 4 aliphatic rings. The minimum atomic E-state index is -0.479. The molecular weight excluding hydrogens is 434 g/mol. The lowest BCUT2D eigenvalue weighted by Crippen LogP contribution is -2.43. The molecule has 0 saturated heterocycles. The molecule has 7 rings (SSSR count). The van der Waals surface area contributed by atoms with Gasteiger partial charge in [-0.15, -0.1) is 0 Å². The van der Waals surface area contributed by atoms with Crippen LogP contribution in [-0.4, -0.2) is 0 Å². The van der Waals surface area contributed by atoms with E-state index in [1.807, 2.05) is 6.07 Å². The average molecular weight is 463 g/mol. The molecule has 4 saturated carbocycles. The Morgan fingerprint density at radius 3 is 1.76 bits per heavy atom. The minimum Gasteiger partial charge on any atom is -0.454 e. The van der Waals surface area contributed by atoms with Crippen LogP contribution in [0.15, 0.2) is 54.6 Å². The number of anilines is 2. The summed E-state index contributed by atoms with van der Waals surface area (Å²) in [7, 11) is 0. The van der Waals surface area contributed by atoms with Gasteiger partial charge in [-0.25, -0.2) is 8.78 Å². The third kappa shape index (κ3) is 3.85. The van der Waals surface area contributed by atoms with E-state index in [9.17, 15) is 8.78 Å². The molecule has 3 aromatic carbocycles. The van der Waals surface area contributed by atoms with Crippen molar-refractivity contribution in [1.82, 2.24) is 0 Å². The molecular formula is C28H28F2N2O2. The zero-order valence-corrected chi connectivity index (χ0v) is 18.8. The van der Waals surface area contributed by atoms with E-state index in [-0.39, 0.29) is 11.5 Å². The van der Waals surface area contributed by atoms with Crippen molar-refractivity contribution >= 4 is 11.4 Å². The maximum Gasteiger partial charge on any atom is 0.165 e. The van der Waals surface area contributed by atoms with Gasteiger partial charge < -0.3 is 20.9 Å². The normalized spacial score (nSPS) is 27.1. The van der Waals surface area contributed by atoms with Crippen molar-refractivity contribution in [2.75, 3.05) is 11.5 Å². The summed E-state index contributed by atoms with van der Waals surface area (Å²) in [5, 5.41) is 0. The molecule has 4 nitrogen and oxygen atoms in total. The Labute approximate surface area is 197 Å². The molecule has 0 aromatic heterocycles. The van der Waals surface area contributed by atoms with Crippen LogP contribution in [0.5, 0.6) is 23.0 Å². The fraction of sp³-hybridized carbons (Fsp3) is 0.357. The lowest BCUT2D eigenvalue weighted by molar-refractivity contribution is -0.00341. The molecule has 3 aromatic rings. The van der Waals surface area contributed by atoms with Crippen LogP contribution >= 0.6 is 0 Å². The van der Waals surface area contributed by atoms with Crippen molar-refractivity contribution in [3.63, 3.8) is 0 Å². The Bertz CT molecular complexity index is 1220. The molecule has 4 aliphatic carbocycles. The second kappa shape index (κ2) is 8.19. The molecule has 176 valence electrons. The molecule has 4 fully saturated rings. The molecule has 34 heavy (non-hydrogen) atoms. The predicted octanol–water partition coefficient (Wildman–Crippen LogP) is 7.25. The van der Waals surface area contributed by atoms with Crippen LogP contribution in [0.1, 0.15) is 43.6 Å². The van der Waals surface area contributed by atoms with Gasteiger partial charge in [-0.3, -0.25) is 0 Å². The molecule has 0 unspecified atom stereocenters. The van der Waals surface area contributed by atoms with Crippen LogP contribution in [0, 0.1) is 35.3 Å². The fourth-order valence-electron chi connectivity index (χ4n) is 6.82. The van der Waals surface area contributed by atoms with Gasteiger partial charge in [0, 0.05) is 29.1 Å². The van der Waals surface area contributed by atoms with Gasteiger partial charge in [0.2, 0.25) is 0 Å². The van der Waals surface area contributed by atoms with Crippen molar-refractivity contribution in [3.8, 4) is 23.0 Å². The molecule has 4 N–H and O–H groups in total. The largest absolute Gasteiger partial charge is 0.454 e. The Morgan fingerprint density at radius 2 is 1.18 bits per heavy atom. The fourth-order valence-corrected chi connectivity index (χ4v) is 6.82. The van der Waals surface area contributed by atoms with E-state index in [1.165, 1.54) is 68.5 Å². The zero-order chi connectivity index (χ0) is 23.4. The van der Waals surface area contributed by atoms with Crippen molar-refractivity contribution in [3.05, 3.63) is 71.8 Å². The van der Waals surface area contributed by atoms with E-state index in [0.717, 1.165) is 17.4 Å². The number of nitrogens with two attached hydrogens (primary N) is 2. The van der Waals surface area contributed by atoms with Crippen LogP contribution < -0.4 is 20.9 Å². The molecule has 0 radical (unpaired) electrons. The molecule has 0 amide bonds. The minimum absolute atomic E-state index is 0.0755. The van der Waals surface area contributed by atoms with Gasteiger partial charge in [-0.05, 0) is 104 Å². The van der Waals surface area contributed by atoms with E-state index >= 15 is 0 Å². The number of hydrogen-bond donors (Lipinski definition) is 2.